The SMILES string of the molecule is CC1CN(C(=O)c2c(O)cccc2F)C(C)(C)CO1. The number of rotatable bonds is 1. The van der Waals surface area contributed by atoms with Crippen LogP contribution in [0.2, 0.25) is 0 Å². The van der Waals surface area contributed by atoms with Gasteiger partial charge in [0, 0.05) is 6.54 Å². The zero-order valence-electron chi connectivity index (χ0n) is 11.3. The highest BCUT2D eigenvalue weighted by molar-refractivity contribution is 5.97. The number of phenols is 1. The molecule has 1 atom stereocenters. The zero-order valence-corrected chi connectivity index (χ0v) is 11.3. The van der Waals surface area contributed by atoms with Crippen LogP contribution in [0.1, 0.15) is 31.1 Å². The highest BCUT2D eigenvalue weighted by Gasteiger charge is 2.38. The van der Waals surface area contributed by atoms with Crippen LogP contribution in [0.3, 0.4) is 0 Å². The van der Waals surface area contributed by atoms with Gasteiger partial charge in [-0.2, -0.15) is 0 Å². The lowest BCUT2D eigenvalue weighted by atomic mass is 9.99. The molecule has 1 heterocycles. The third-order valence-corrected chi connectivity index (χ3v) is 3.34. The van der Waals surface area contributed by atoms with Gasteiger partial charge in [-0.25, -0.2) is 4.39 Å². The normalized spacial score (nSPS) is 22.3. The molecule has 1 aromatic rings. The van der Waals surface area contributed by atoms with Gasteiger partial charge in [-0.3, -0.25) is 4.79 Å². The number of hydrogen-bond donors (Lipinski definition) is 1. The number of halogens is 1. The molecule has 0 aromatic heterocycles. The summed E-state index contributed by atoms with van der Waals surface area (Å²) < 4.78 is 19.3. The maximum atomic E-state index is 13.8. The molecular formula is C14H18FNO3. The van der Waals surface area contributed by atoms with Gasteiger partial charge in [0.15, 0.2) is 0 Å². The first-order valence-corrected chi connectivity index (χ1v) is 6.24. The summed E-state index contributed by atoms with van der Waals surface area (Å²) in [6, 6.07) is 3.85. The molecule has 0 radical (unpaired) electrons. The van der Waals surface area contributed by atoms with Gasteiger partial charge in [0.05, 0.1) is 18.2 Å². The van der Waals surface area contributed by atoms with Gasteiger partial charge in [0.25, 0.3) is 5.91 Å². The minimum atomic E-state index is -0.708. The van der Waals surface area contributed by atoms with Crippen molar-refractivity contribution in [2.24, 2.45) is 0 Å². The third-order valence-electron chi connectivity index (χ3n) is 3.34. The zero-order chi connectivity index (χ0) is 14.2. The number of hydrogen-bond acceptors (Lipinski definition) is 3. The Morgan fingerprint density at radius 3 is 2.84 bits per heavy atom. The Morgan fingerprint density at radius 2 is 2.21 bits per heavy atom. The molecule has 1 aliphatic rings. The Bertz CT molecular complexity index is 481. The van der Waals surface area contributed by atoms with Gasteiger partial charge < -0.3 is 14.7 Å². The fraction of sp³-hybridized carbons (Fsp3) is 0.500. The van der Waals surface area contributed by atoms with Crippen molar-refractivity contribution in [2.75, 3.05) is 13.2 Å². The molecule has 0 aliphatic carbocycles. The van der Waals surface area contributed by atoms with E-state index in [-0.39, 0.29) is 17.4 Å². The average Bonchev–Trinajstić information content (AvgIpc) is 2.32. The van der Waals surface area contributed by atoms with Crippen LogP contribution in [0.5, 0.6) is 5.75 Å². The van der Waals surface area contributed by atoms with E-state index in [0.29, 0.717) is 13.2 Å². The molecule has 0 saturated carbocycles. The monoisotopic (exact) mass is 267 g/mol. The van der Waals surface area contributed by atoms with Crippen LogP contribution in [0, 0.1) is 5.82 Å². The summed E-state index contributed by atoms with van der Waals surface area (Å²) in [7, 11) is 0. The molecule has 1 amide bonds. The van der Waals surface area contributed by atoms with Crippen LogP contribution < -0.4 is 0 Å². The molecule has 0 spiro atoms. The summed E-state index contributed by atoms with van der Waals surface area (Å²) in [6.45, 7) is 6.33. The fourth-order valence-electron chi connectivity index (χ4n) is 2.20. The highest BCUT2D eigenvalue weighted by Crippen LogP contribution is 2.28. The van der Waals surface area contributed by atoms with Crippen LogP contribution >= 0.6 is 0 Å². The maximum absolute atomic E-state index is 13.8. The van der Waals surface area contributed by atoms with Gasteiger partial charge in [-0.15, -0.1) is 0 Å². The second-order valence-electron chi connectivity index (χ2n) is 5.48. The van der Waals surface area contributed by atoms with Crippen molar-refractivity contribution >= 4 is 5.91 Å². The van der Waals surface area contributed by atoms with E-state index in [1.807, 2.05) is 20.8 Å². The average molecular weight is 267 g/mol. The summed E-state index contributed by atoms with van der Waals surface area (Å²) in [5.41, 5.74) is -0.803. The van der Waals surface area contributed by atoms with E-state index >= 15 is 0 Å². The molecule has 4 nitrogen and oxygen atoms in total. The van der Waals surface area contributed by atoms with Crippen LogP contribution in [-0.2, 0) is 4.74 Å². The minimum absolute atomic E-state index is 0.106. The summed E-state index contributed by atoms with van der Waals surface area (Å²) >= 11 is 0. The fourth-order valence-corrected chi connectivity index (χ4v) is 2.20. The Morgan fingerprint density at radius 1 is 1.53 bits per heavy atom. The van der Waals surface area contributed by atoms with E-state index in [1.54, 1.807) is 4.90 Å². The molecule has 2 rings (SSSR count). The first-order valence-electron chi connectivity index (χ1n) is 6.24. The second kappa shape index (κ2) is 4.81. The molecule has 104 valence electrons. The molecule has 0 bridgehead atoms. The molecule has 1 N–H and O–H groups in total. The van der Waals surface area contributed by atoms with Crippen LogP contribution in [0.4, 0.5) is 4.39 Å². The smallest absolute Gasteiger partial charge is 0.261 e. The number of nitrogens with zero attached hydrogens (tertiary/aromatic N) is 1. The predicted molar refractivity (Wildman–Crippen MR) is 68.6 cm³/mol. The molecule has 1 unspecified atom stereocenters. The van der Waals surface area contributed by atoms with Crippen molar-refractivity contribution < 1.29 is 19.0 Å². The van der Waals surface area contributed by atoms with Gasteiger partial charge in [0.2, 0.25) is 0 Å². The number of phenolic OH excluding ortho intramolecular Hbond substituents is 1. The van der Waals surface area contributed by atoms with E-state index in [4.69, 9.17) is 4.74 Å². The van der Waals surface area contributed by atoms with Crippen molar-refractivity contribution in [2.45, 2.75) is 32.4 Å². The van der Waals surface area contributed by atoms with Gasteiger partial charge in [-0.05, 0) is 32.9 Å². The number of aromatic hydroxyl groups is 1. The molecule has 19 heavy (non-hydrogen) atoms. The van der Waals surface area contributed by atoms with Crippen molar-refractivity contribution in [1.29, 1.82) is 0 Å². The predicted octanol–water partition coefficient (Wildman–Crippen LogP) is 2.17. The number of morpholine rings is 1. The first kappa shape index (κ1) is 13.8. The minimum Gasteiger partial charge on any atom is -0.507 e. The molecule has 1 saturated heterocycles. The van der Waals surface area contributed by atoms with E-state index in [2.05, 4.69) is 0 Å². The lowest BCUT2D eigenvalue weighted by Gasteiger charge is -2.44. The molecule has 1 aromatic carbocycles. The second-order valence-corrected chi connectivity index (χ2v) is 5.48. The van der Waals surface area contributed by atoms with Gasteiger partial charge in [0.1, 0.15) is 17.1 Å². The van der Waals surface area contributed by atoms with Crippen molar-refractivity contribution in [1.82, 2.24) is 4.90 Å². The van der Waals surface area contributed by atoms with E-state index < -0.39 is 17.3 Å². The van der Waals surface area contributed by atoms with Crippen molar-refractivity contribution in [3.63, 3.8) is 0 Å². The largest absolute Gasteiger partial charge is 0.507 e. The van der Waals surface area contributed by atoms with Crippen molar-refractivity contribution in [3.05, 3.63) is 29.6 Å². The standard InChI is InChI=1S/C14H18FNO3/c1-9-7-16(14(2,3)8-19-9)13(18)12-10(15)5-4-6-11(12)17/h4-6,9,17H,7-8H2,1-3H3. The summed E-state index contributed by atoms with van der Waals surface area (Å²) in [4.78, 5) is 14.0. The third kappa shape index (κ3) is 2.56. The van der Waals surface area contributed by atoms with Crippen molar-refractivity contribution in [3.8, 4) is 5.75 Å². The Balaban J connectivity index is 2.37. The summed E-state index contributed by atoms with van der Waals surface area (Å²) in [5.74, 6) is -1.55. The highest BCUT2D eigenvalue weighted by atomic mass is 19.1. The Labute approximate surface area is 111 Å². The summed E-state index contributed by atoms with van der Waals surface area (Å²) in [5, 5.41) is 9.71. The topological polar surface area (TPSA) is 49.8 Å². The van der Waals surface area contributed by atoms with E-state index in [9.17, 15) is 14.3 Å². The molecule has 5 heteroatoms. The lowest BCUT2D eigenvalue weighted by molar-refractivity contribution is -0.0757. The lowest BCUT2D eigenvalue weighted by Crippen LogP contribution is -2.57. The molecular weight excluding hydrogens is 249 g/mol. The molecule has 1 fully saturated rings. The number of ether oxygens (including phenoxy) is 1. The maximum Gasteiger partial charge on any atom is 0.261 e. The van der Waals surface area contributed by atoms with Crippen LogP contribution in [0.15, 0.2) is 18.2 Å². The van der Waals surface area contributed by atoms with E-state index in [0.717, 1.165) is 0 Å². The Kier molecular flexibility index (Phi) is 3.49. The molecule has 1 aliphatic heterocycles. The number of carbonyl (C=O) groups excluding carboxylic acids is 1. The number of amides is 1. The first-order chi connectivity index (χ1) is 8.83. The summed E-state index contributed by atoms with van der Waals surface area (Å²) in [6.07, 6.45) is -0.106. The quantitative estimate of drug-likeness (QED) is 0.848. The van der Waals surface area contributed by atoms with Crippen LogP contribution in [-0.4, -0.2) is 40.7 Å². The Hall–Kier alpha value is -1.62. The van der Waals surface area contributed by atoms with E-state index in [1.165, 1.54) is 18.2 Å². The number of carbonyl (C=O) groups is 1. The van der Waals surface area contributed by atoms with Crippen LogP contribution in [0.25, 0.3) is 0 Å². The van der Waals surface area contributed by atoms with Gasteiger partial charge in [-0.1, -0.05) is 6.07 Å². The number of benzene rings is 1. The van der Waals surface area contributed by atoms with Gasteiger partial charge >= 0.3 is 0 Å².